The van der Waals surface area contributed by atoms with Crippen molar-refractivity contribution in [2.24, 2.45) is 11.8 Å². The number of hydrogen-bond acceptors (Lipinski definition) is 3. The van der Waals surface area contributed by atoms with Crippen molar-refractivity contribution in [3.8, 4) is 0 Å². The fourth-order valence-electron chi connectivity index (χ4n) is 2.22. The molecule has 2 unspecified atom stereocenters. The lowest BCUT2D eigenvalue weighted by Gasteiger charge is -2.31. The molecule has 0 saturated carbocycles. The predicted octanol–water partition coefficient (Wildman–Crippen LogP) is 1.06. The number of hydrogen-bond donors (Lipinski definition) is 1. The van der Waals surface area contributed by atoms with Crippen molar-refractivity contribution in [2.45, 2.75) is 33.1 Å². The maximum Gasteiger partial charge on any atom is 0.224 e. The summed E-state index contributed by atoms with van der Waals surface area (Å²) in [7, 11) is 1.67. The van der Waals surface area contributed by atoms with Gasteiger partial charge in [0.2, 0.25) is 5.91 Å². The van der Waals surface area contributed by atoms with E-state index in [1.807, 2.05) is 13.8 Å². The number of nitrogens with one attached hydrogen (secondary N) is 1. The molecule has 0 radical (unpaired) electrons. The molecule has 0 bridgehead atoms. The standard InChI is InChI=1S/C13H24N2O2/c1-4-10(2)12(16)9-15-7-5-6-11(8-15)13(17)14-3/h10-11H,4-9H2,1-3H3,(H,14,17). The van der Waals surface area contributed by atoms with Gasteiger partial charge in [-0.25, -0.2) is 0 Å². The summed E-state index contributed by atoms with van der Waals surface area (Å²) < 4.78 is 0. The van der Waals surface area contributed by atoms with Crippen molar-refractivity contribution in [2.75, 3.05) is 26.7 Å². The van der Waals surface area contributed by atoms with Crippen LogP contribution < -0.4 is 5.32 Å². The smallest absolute Gasteiger partial charge is 0.224 e. The van der Waals surface area contributed by atoms with Gasteiger partial charge in [-0.2, -0.15) is 0 Å². The summed E-state index contributed by atoms with van der Waals surface area (Å²) in [4.78, 5) is 25.5. The number of rotatable bonds is 5. The normalized spacial score (nSPS) is 23.1. The zero-order chi connectivity index (χ0) is 12.8. The average molecular weight is 240 g/mol. The number of carbonyl (C=O) groups is 2. The first kappa shape index (κ1) is 14.2. The number of Topliss-reactive ketones (excluding diaryl/α,β-unsaturated/α-hetero) is 1. The van der Waals surface area contributed by atoms with E-state index in [0.29, 0.717) is 12.3 Å². The second-order valence-electron chi connectivity index (χ2n) is 4.96. The molecule has 0 spiro atoms. The minimum absolute atomic E-state index is 0.0542. The summed E-state index contributed by atoms with van der Waals surface area (Å²) in [5.74, 6) is 0.588. The highest BCUT2D eigenvalue weighted by molar-refractivity contribution is 5.83. The third-order valence-corrected chi connectivity index (χ3v) is 3.66. The van der Waals surface area contributed by atoms with Crippen molar-refractivity contribution in [3.63, 3.8) is 0 Å². The van der Waals surface area contributed by atoms with Gasteiger partial charge < -0.3 is 5.32 Å². The average Bonchev–Trinajstić information content (AvgIpc) is 2.37. The maximum absolute atomic E-state index is 11.8. The van der Waals surface area contributed by atoms with E-state index in [9.17, 15) is 9.59 Å². The van der Waals surface area contributed by atoms with Crippen molar-refractivity contribution < 1.29 is 9.59 Å². The monoisotopic (exact) mass is 240 g/mol. The first-order chi connectivity index (χ1) is 8.08. The number of likely N-dealkylation sites (tertiary alicyclic amines) is 1. The van der Waals surface area contributed by atoms with Gasteiger partial charge in [0.25, 0.3) is 0 Å². The van der Waals surface area contributed by atoms with Crippen molar-refractivity contribution in [1.29, 1.82) is 0 Å². The van der Waals surface area contributed by atoms with Crippen LogP contribution in [0.4, 0.5) is 0 Å². The van der Waals surface area contributed by atoms with Crippen LogP contribution in [0.1, 0.15) is 33.1 Å². The zero-order valence-corrected chi connectivity index (χ0v) is 11.2. The topological polar surface area (TPSA) is 49.4 Å². The molecule has 1 aliphatic rings. The third-order valence-electron chi connectivity index (χ3n) is 3.66. The number of amides is 1. The molecule has 98 valence electrons. The van der Waals surface area contributed by atoms with Gasteiger partial charge in [0.15, 0.2) is 0 Å². The van der Waals surface area contributed by atoms with E-state index in [1.165, 1.54) is 0 Å². The van der Waals surface area contributed by atoms with Crippen LogP contribution in [0.5, 0.6) is 0 Å². The van der Waals surface area contributed by atoms with Gasteiger partial charge in [0.1, 0.15) is 5.78 Å². The molecule has 0 aliphatic carbocycles. The van der Waals surface area contributed by atoms with Crippen molar-refractivity contribution in [3.05, 3.63) is 0 Å². The van der Waals surface area contributed by atoms with Crippen LogP contribution in [0.3, 0.4) is 0 Å². The minimum Gasteiger partial charge on any atom is -0.359 e. The van der Waals surface area contributed by atoms with Crippen molar-refractivity contribution >= 4 is 11.7 Å². The Labute approximate surface area is 104 Å². The SMILES string of the molecule is CCC(C)C(=O)CN1CCCC(C(=O)NC)C1. The molecule has 1 amide bonds. The Kier molecular flexibility index (Phi) is 5.62. The molecule has 1 N–H and O–H groups in total. The highest BCUT2D eigenvalue weighted by atomic mass is 16.2. The van der Waals surface area contributed by atoms with Crippen LogP contribution in [-0.4, -0.2) is 43.3 Å². The number of piperidine rings is 1. The molecule has 0 aromatic heterocycles. The second kappa shape index (κ2) is 6.74. The Morgan fingerprint density at radius 3 is 2.76 bits per heavy atom. The second-order valence-corrected chi connectivity index (χ2v) is 4.96. The Bertz CT molecular complexity index is 279. The number of carbonyl (C=O) groups excluding carboxylic acids is 2. The van der Waals surface area contributed by atoms with E-state index in [1.54, 1.807) is 7.05 Å². The lowest BCUT2D eigenvalue weighted by atomic mass is 9.96. The molecule has 0 aromatic carbocycles. The molecule has 1 heterocycles. The summed E-state index contributed by atoms with van der Waals surface area (Å²) in [5, 5.41) is 2.69. The van der Waals surface area contributed by atoms with Gasteiger partial charge in [-0.3, -0.25) is 14.5 Å². The molecule has 2 atom stereocenters. The fraction of sp³-hybridized carbons (Fsp3) is 0.846. The van der Waals surface area contributed by atoms with E-state index in [2.05, 4.69) is 10.2 Å². The molecular formula is C13H24N2O2. The summed E-state index contributed by atoms with van der Waals surface area (Å²) in [6.07, 6.45) is 2.84. The minimum atomic E-state index is 0.0542. The van der Waals surface area contributed by atoms with Crippen LogP contribution in [-0.2, 0) is 9.59 Å². The van der Waals surface area contributed by atoms with Gasteiger partial charge in [0.05, 0.1) is 12.5 Å². The fourth-order valence-corrected chi connectivity index (χ4v) is 2.22. The van der Waals surface area contributed by atoms with Crippen LogP contribution in [0.25, 0.3) is 0 Å². The Balaban J connectivity index is 2.44. The highest BCUT2D eigenvalue weighted by Crippen LogP contribution is 2.17. The van der Waals surface area contributed by atoms with Gasteiger partial charge in [0, 0.05) is 19.5 Å². The Hall–Kier alpha value is -0.900. The number of nitrogens with zero attached hydrogens (tertiary/aromatic N) is 1. The van der Waals surface area contributed by atoms with Gasteiger partial charge in [-0.05, 0) is 25.8 Å². The molecule has 1 rings (SSSR count). The molecule has 4 nitrogen and oxygen atoms in total. The Morgan fingerprint density at radius 2 is 2.18 bits per heavy atom. The van der Waals surface area contributed by atoms with E-state index >= 15 is 0 Å². The molecule has 4 heteroatoms. The molecular weight excluding hydrogens is 216 g/mol. The van der Waals surface area contributed by atoms with Gasteiger partial charge >= 0.3 is 0 Å². The zero-order valence-electron chi connectivity index (χ0n) is 11.2. The van der Waals surface area contributed by atoms with Crippen LogP contribution in [0.2, 0.25) is 0 Å². The molecule has 17 heavy (non-hydrogen) atoms. The van der Waals surface area contributed by atoms with Crippen LogP contribution >= 0.6 is 0 Å². The van der Waals surface area contributed by atoms with Crippen molar-refractivity contribution in [1.82, 2.24) is 10.2 Å². The van der Waals surface area contributed by atoms with Gasteiger partial charge in [-0.1, -0.05) is 13.8 Å². The van der Waals surface area contributed by atoms with Crippen LogP contribution in [0, 0.1) is 11.8 Å². The van der Waals surface area contributed by atoms with E-state index in [-0.39, 0.29) is 17.7 Å². The molecule has 1 aliphatic heterocycles. The molecule has 0 aromatic rings. The quantitative estimate of drug-likeness (QED) is 0.781. The first-order valence-corrected chi connectivity index (χ1v) is 6.55. The summed E-state index contributed by atoms with van der Waals surface area (Å²) in [6.45, 7) is 6.18. The highest BCUT2D eigenvalue weighted by Gasteiger charge is 2.26. The summed E-state index contributed by atoms with van der Waals surface area (Å²) in [5.41, 5.74) is 0. The number of ketones is 1. The summed E-state index contributed by atoms with van der Waals surface area (Å²) in [6, 6.07) is 0. The van der Waals surface area contributed by atoms with E-state index in [4.69, 9.17) is 0 Å². The largest absolute Gasteiger partial charge is 0.359 e. The van der Waals surface area contributed by atoms with E-state index < -0.39 is 0 Å². The van der Waals surface area contributed by atoms with Gasteiger partial charge in [-0.15, -0.1) is 0 Å². The lowest BCUT2D eigenvalue weighted by Crippen LogP contribution is -2.44. The first-order valence-electron chi connectivity index (χ1n) is 6.55. The molecule has 1 fully saturated rings. The Morgan fingerprint density at radius 1 is 1.47 bits per heavy atom. The van der Waals surface area contributed by atoms with E-state index in [0.717, 1.165) is 32.4 Å². The summed E-state index contributed by atoms with van der Waals surface area (Å²) >= 11 is 0. The third kappa shape index (κ3) is 4.11. The predicted molar refractivity (Wildman–Crippen MR) is 67.7 cm³/mol. The molecule has 1 saturated heterocycles. The van der Waals surface area contributed by atoms with Crippen LogP contribution in [0.15, 0.2) is 0 Å². The lowest BCUT2D eigenvalue weighted by molar-refractivity contribution is -0.129. The maximum atomic E-state index is 11.8.